The predicted octanol–water partition coefficient (Wildman–Crippen LogP) is 3.08. The van der Waals surface area contributed by atoms with E-state index in [4.69, 9.17) is 4.74 Å². The van der Waals surface area contributed by atoms with E-state index in [1.165, 1.54) is 0 Å². The summed E-state index contributed by atoms with van der Waals surface area (Å²) in [4.78, 5) is 13.9. The van der Waals surface area contributed by atoms with Crippen LogP contribution in [0.5, 0.6) is 0 Å². The normalized spacial score (nSPS) is 23.0. The quantitative estimate of drug-likeness (QED) is 0.865. The minimum atomic E-state index is -0.495. The molecule has 0 aliphatic carbocycles. The first-order chi connectivity index (χ1) is 9.78. The van der Waals surface area contributed by atoms with Crippen LogP contribution in [0.2, 0.25) is 0 Å². The molecule has 1 aromatic carbocycles. The number of ether oxygens (including phenoxy) is 1. The average Bonchev–Trinajstić information content (AvgIpc) is 2.38. The number of hydrogen-bond donors (Lipinski definition) is 1. The first kappa shape index (κ1) is 15.8. The van der Waals surface area contributed by atoms with Gasteiger partial charge in [-0.05, 0) is 45.2 Å². The highest BCUT2D eigenvalue weighted by Gasteiger charge is 2.33. The van der Waals surface area contributed by atoms with Gasteiger partial charge in [-0.1, -0.05) is 24.3 Å². The molecule has 0 unspecified atom stereocenters. The Labute approximate surface area is 126 Å². The fourth-order valence-corrected chi connectivity index (χ4v) is 2.74. The van der Waals surface area contributed by atoms with Crippen molar-refractivity contribution in [2.75, 3.05) is 13.1 Å². The summed E-state index contributed by atoms with van der Waals surface area (Å²) in [7, 11) is 0. The topological polar surface area (TPSA) is 49.8 Å². The first-order valence-electron chi connectivity index (χ1n) is 7.49. The molecule has 2 atom stereocenters. The van der Waals surface area contributed by atoms with Crippen LogP contribution in [0.4, 0.5) is 4.79 Å². The Morgan fingerprint density at radius 1 is 1.33 bits per heavy atom. The van der Waals surface area contributed by atoms with Crippen molar-refractivity contribution in [3.05, 3.63) is 35.4 Å². The fourth-order valence-electron chi connectivity index (χ4n) is 2.74. The molecule has 0 radical (unpaired) electrons. The summed E-state index contributed by atoms with van der Waals surface area (Å²) in [6.45, 7) is 8.67. The minimum Gasteiger partial charge on any atom is -0.444 e. The SMILES string of the molecule is Cc1ccccc1[C@@H]1CN(C(=O)OC(C)(C)C)CC[C@H]1O. The number of likely N-dealkylation sites (tertiary alicyclic amines) is 1. The molecule has 0 bridgehead atoms. The number of aryl methyl sites for hydroxylation is 1. The van der Waals surface area contributed by atoms with Crippen LogP contribution >= 0.6 is 0 Å². The Balaban J connectivity index is 2.13. The molecule has 1 aliphatic rings. The molecule has 1 saturated heterocycles. The highest BCUT2D eigenvalue weighted by atomic mass is 16.6. The van der Waals surface area contributed by atoms with Gasteiger partial charge in [0.2, 0.25) is 0 Å². The van der Waals surface area contributed by atoms with Crippen LogP contribution in [0.25, 0.3) is 0 Å². The lowest BCUT2D eigenvalue weighted by Gasteiger charge is -2.37. The predicted molar refractivity (Wildman–Crippen MR) is 82.4 cm³/mol. The molecule has 4 nitrogen and oxygen atoms in total. The summed E-state index contributed by atoms with van der Waals surface area (Å²) in [6, 6.07) is 8.03. The summed E-state index contributed by atoms with van der Waals surface area (Å²) >= 11 is 0. The van der Waals surface area contributed by atoms with Gasteiger partial charge in [0.05, 0.1) is 6.10 Å². The van der Waals surface area contributed by atoms with E-state index in [0.717, 1.165) is 11.1 Å². The molecular formula is C17H25NO3. The van der Waals surface area contributed by atoms with E-state index < -0.39 is 11.7 Å². The number of piperidine rings is 1. The maximum absolute atomic E-state index is 12.2. The van der Waals surface area contributed by atoms with Gasteiger partial charge in [-0.2, -0.15) is 0 Å². The molecule has 1 aromatic rings. The second kappa shape index (κ2) is 6.06. The van der Waals surface area contributed by atoms with Crippen LogP contribution in [0.1, 0.15) is 44.2 Å². The molecule has 116 valence electrons. The molecular weight excluding hydrogens is 266 g/mol. The molecule has 1 N–H and O–H groups in total. The van der Waals surface area contributed by atoms with Gasteiger partial charge in [-0.25, -0.2) is 4.79 Å². The Hall–Kier alpha value is -1.55. The lowest BCUT2D eigenvalue weighted by Crippen LogP contribution is -2.46. The molecule has 1 heterocycles. The maximum atomic E-state index is 12.2. The molecule has 1 amide bonds. The number of aliphatic hydroxyl groups excluding tert-OH is 1. The Morgan fingerprint density at radius 3 is 2.62 bits per heavy atom. The van der Waals surface area contributed by atoms with E-state index in [1.807, 2.05) is 52.0 Å². The Morgan fingerprint density at radius 2 is 2.00 bits per heavy atom. The van der Waals surface area contributed by atoms with Crippen molar-refractivity contribution < 1.29 is 14.6 Å². The van der Waals surface area contributed by atoms with Gasteiger partial charge < -0.3 is 14.7 Å². The number of aliphatic hydroxyl groups is 1. The summed E-state index contributed by atoms with van der Waals surface area (Å²) in [5.74, 6) is -0.0486. The van der Waals surface area contributed by atoms with Crippen LogP contribution in [-0.4, -0.2) is 40.9 Å². The van der Waals surface area contributed by atoms with Gasteiger partial charge in [-0.15, -0.1) is 0 Å². The number of rotatable bonds is 1. The van der Waals surface area contributed by atoms with Gasteiger partial charge >= 0.3 is 6.09 Å². The molecule has 1 aliphatic heterocycles. The zero-order valence-corrected chi connectivity index (χ0v) is 13.3. The molecule has 0 aromatic heterocycles. The number of carbonyl (C=O) groups excluding carboxylic acids is 1. The van der Waals surface area contributed by atoms with Crippen molar-refractivity contribution in [2.24, 2.45) is 0 Å². The third-order valence-electron chi connectivity index (χ3n) is 3.82. The van der Waals surface area contributed by atoms with E-state index >= 15 is 0 Å². The summed E-state index contributed by atoms with van der Waals surface area (Å²) in [5.41, 5.74) is 1.76. The second-order valence-electron chi connectivity index (χ2n) is 6.75. The second-order valence-corrected chi connectivity index (χ2v) is 6.75. The van der Waals surface area contributed by atoms with E-state index in [-0.39, 0.29) is 12.0 Å². The molecule has 1 fully saturated rings. The van der Waals surface area contributed by atoms with Crippen molar-refractivity contribution in [3.8, 4) is 0 Å². The number of hydrogen-bond acceptors (Lipinski definition) is 3. The maximum Gasteiger partial charge on any atom is 0.410 e. The van der Waals surface area contributed by atoms with Gasteiger partial charge in [0.1, 0.15) is 5.60 Å². The van der Waals surface area contributed by atoms with Crippen molar-refractivity contribution in [3.63, 3.8) is 0 Å². The third-order valence-corrected chi connectivity index (χ3v) is 3.82. The standard InChI is InChI=1S/C17H25NO3/c1-12-7-5-6-8-13(12)14-11-18(10-9-15(14)19)16(20)21-17(2,3)4/h5-8,14-15,19H,9-11H2,1-4H3/t14-,15+/m0/s1. The molecule has 0 saturated carbocycles. The zero-order valence-electron chi connectivity index (χ0n) is 13.3. The molecule has 2 rings (SSSR count). The first-order valence-corrected chi connectivity index (χ1v) is 7.49. The Bertz CT molecular complexity index is 507. The lowest BCUT2D eigenvalue weighted by molar-refractivity contribution is 0.00400. The largest absolute Gasteiger partial charge is 0.444 e. The van der Waals surface area contributed by atoms with Crippen molar-refractivity contribution in [1.29, 1.82) is 0 Å². The Kier molecular flexibility index (Phi) is 4.57. The summed E-state index contributed by atoms with van der Waals surface area (Å²) < 4.78 is 5.43. The van der Waals surface area contributed by atoms with Crippen molar-refractivity contribution in [2.45, 2.75) is 51.7 Å². The van der Waals surface area contributed by atoms with Crippen LogP contribution in [0.15, 0.2) is 24.3 Å². The van der Waals surface area contributed by atoms with E-state index in [0.29, 0.717) is 19.5 Å². The highest BCUT2D eigenvalue weighted by molar-refractivity contribution is 5.68. The monoisotopic (exact) mass is 291 g/mol. The van der Waals surface area contributed by atoms with Gasteiger partial charge in [0.15, 0.2) is 0 Å². The van der Waals surface area contributed by atoms with Gasteiger partial charge in [0.25, 0.3) is 0 Å². The highest BCUT2D eigenvalue weighted by Crippen LogP contribution is 2.30. The van der Waals surface area contributed by atoms with Crippen molar-refractivity contribution >= 4 is 6.09 Å². The number of carbonyl (C=O) groups is 1. The van der Waals surface area contributed by atoms with Gasteiger partial charge in [-0.3, -0.25) is 0 Å². The lowest BCUT2D eigenvalue weighted by atomic mass is 9.86. The average molecular weight is 291 g/mol. The smallest absolute Gasteiger partial charge is 0.410 e. The molecule has 21 heavy (non-hydrogen) atoms. The van der Waals surface area contributed by atoms with E-state index in [9.17, 15) is 9.90 Å². The number of nitrogens with zero attached hydrogens (tertiary/aromatic N) is 1. The van der Waals surface area contributed by atoms with E-state index in [1.54, 1.807) is 4.90 Å². The molecule has 0 spiro atoms. The summed E-state index contributed by atoms with van der Waals surface area (Å²) in [5, 5.41) is 10.3. The van der Waals surface area contributed by atoms with Crippen LogP contribution in [-0.2, 0) is 4.74 Å². The third kappa shape index (κ3) is 3.97. The number of amides is 1. The van der Waals surface area contributed by atoms with Crippen molar-refractivity contribution in [1.82, 2.24) is 4.90 Å². The zero-order chi connectivity index (χ0) is 15.6. The van der Waals surface area contributed by atoms with Crippen LogP contribution in [0.3, 0.4) is 0 Å². The summed E-state index contributed by atoms with van der Waals surface area (Å²) in [6.07, 6.45) is -0.129. The minimum absolute atomic E-state index is 0.0486. The number of benzene rings is 1. The molecule has 4 heteroatoms. The van der Waals surface area contributed by atoms with Gasteiger partial charge in [0, 0.05) is 19.0 Å². The fraction of sp³-hybridized carbons (Fsp3) is 0.588. The van der Waals surface area contributed by atoms with Crippen LogP contribution < -0.4 is 0 Å². The van der Waals surface area contributed by atoms with Crippen LogP contribution in [0, 0.1) is 6.92 Å². The van der Waals surface area contributed by atoms with E-state index in [2.05, 4.69) is 0 Å².